The van der Waals surface area contributed by atoms with Gasteiger partial charge in [-0.3, -0.25) is 0 Å². The number of nitrogens with one attached hydrogen (secondary N) is 1. The minimum atomic E-state index is -0.352. The highest BCUT2D eigenvalue weighted by Gasteiger charge is 2.15. The molecule has 108 valence electrons. The summed E-state index contributed by atoms with van der Waals surface area (Å²) in [5, 5.41) is 0. The summed E-state index contributed by atoms with van der Waals surface area (Å²) in [4.78, 5) is 24.9. The SMILES string of the molecule is CCOOCc1[nH]ccc1-n1cccc1C(=O)OCC. The van der Waals surface area contributed by atoms with Crippen LogP contribution in [0.2, 0.25) is 0 Å². The quantitative estimate of drug-likeness (QED) is 0.365. The van der Waals surface area contributed by atoms with Crippen molar-refractivity contribution >= 4 is 5.97 Å². The Bertz CT molecular complexity index is 559. The van der Waals surface area contributed by atoms with Gasteiger partial charge in [-0.2, -0.15) is 0 Å². The van der Waals surface area contributed by atoms with Crippen LogP contribution in [0.25, 0.3) is 5.69 Å². The zero-order valence-electron chi connectivity index (χ0n) is 11.6. The van der Waals surface area contributed by atoms with Crippen molar-refractivity contribution in [1.82, 2.24) is 9.55 Å². The Kier molecular flexibility index (Phi) is 4.97. The molecule has 0 fully saturated rings. The number of hydrogen-bond donors (Lipinski definition) is 1. The maximum Gasteiger partial charge on any atom is 0.355 e. The van der Waals surface area contributed by atoms with E-state index in [-0.39, 0.29) is 12.6 Å². The van der Waals surface area contributed by atoms with Gasteiger partial charge in [0, 0.05) is 12.4 Å². The Morgan fingerprint density at radius 2 is 2.10 bits per heavy atom. The normalized spacial score (nSPS) is 10.7. The predicted octanol–water partition coefficient (Wildman–Crippen LogP) is 2.45. The van der Waals surface area contributed by atoms with Gasteiger partial charge in [-0.15, -0.1) is 0 Å². The summed E-state index contributed by atoms with van der Waals surface area (Å²) in [6.45, 7) is 4.73. The number of carbonyl (C=O) groups is 1. The van der Waals surface area contributed by atoms with Crippen molar-refractivity contribution < 1.29 is 19.3 Å². The summed E-state index contributed by atoms with van der Waals surface area (Å²) in [6, 6.07) is 5.39. The number of nitrogens with zero attached hydrogens (tertiary/aromatic N) is 1. The molecule has 0 spiro atoms. The number of rotatable bonds is 7. The van der Waals surface area contributed by atoms with Gasteiger partial charge in [-0.1, -0.05) is 0 Å². The average molecular weight is 278 g/mol. The highest BCUT2D eigenvalue weighted by atomic mass is 17.2. The second kappa shape index (κ2) is 6.93. The van der Waals surface area contributed by atoms with Crippen molar-refractivity contribution in [1.29, 1.82) is 0 Å². The highest BCUT2D eigenvalue weighted by Crippen LogP contribution is 2.18. The minimum Gasteiger partial charge on any atom is -0.461 e. The van der Waals surface area contributed by atoms with Gasteiger partial charge < -0.3 is 14.3 Å². The van der Waals surface area contributed by atoms with Crippen molar-refractivity contribution in [3.63, 3.8) is 0 Å². The molecule has 0 amide bonds. The van der Waals surface area contributed by atoms with E-state index in [1.165, 1.54) is 0 Å². The molecule has 2 aromatic heterocycles. The molecule has 0 aromatic carbocycles. The lowest BCUT2D eigenvalue weighted by Gasteiger charge is -2.09. The van der Waals surface area contributed by atoms with Crippen LogP contribution in [-0.4, -0.2) is 28.7 Å². The second-order valence-electron chi connectivity index (χ2n) is 3.99. The summed E-state index contributed by atoms with van der Waals surface area (Å²) in [5.41, 5.74) is 2.13. The fourth-order valence-electron chi connectivity index (χ4n) is 1.88. The maximum atomic E-state index is 11.9. The van der Waals surface area contributed by atoms with E-state index >= 15 is 0 Å². The number of aromatic amines is 1. The molecular weight excluding hydrogens is 260 g/mol. The molecular formula is C14H18N2O4. The Balaban J connectivity index is 2.22. The second-order valence-corrected chi connectivity index (χ2v) is 3.99. The minimum absolute atomic E-state index is 0.274. The molecule has 0 aliphatic heterocycles. The number of aromatic nitrogens is 2. The third kappa shape index (κ3) is 3.09. The third-order valence-corrected chi connectivity index (χ3v) is 2.71. The van der Waals surface area contributed by atoms with E-state index in [9.17, 15) is 4.79 Å². The summed E-state index contributed by atoms with van der Waals surface area (Å²) < 4.78 is 6.80. The molecule has 1 N–H and O–H groups in total. The van der Waals surface area contributed by atoms with Gasteiger partial charge in [0.15, 0.2) is 0 Å². The lowest BCUT2D eigenvalue weighted by molar-refractivity contribution is -0.301. The molecule has 2 heterocycles. The van der Waals surface area contributed by atoms with Crippen LogP contribution in [0.1, 0.15) is 30.0 Å². The van der Waals surface area contributed by atoms with E-state index in [2.05, 4.69) is 4.98 Å². The first-order chi connectivity index (χ1) is 9.77. The van der Waals surface area contributed by atoms with E-state index < -0.39 is 0 Å². The molecule has 0 radical (unpaired) electrons. The zero-order chi connectivity index (χ0) is 14.4. The Morgan fingerprint density at radius 1 is 1.25 bits per heavy atom. The zero-order valence-corrected chi connectivity index (χ0v) is 11.6. The first-order valence-corrected chi connectivity index (χ1v) is 6.53. The summed E-state index contributed by atoms with van der Waals surface area (Å²) in [5.74, 6) is -0.352. The summed E-state index contributed by atoms with van der Waals surface area (Å²) in [7, 11) is 0. The first kappa shape index (κ1) is 14.4. The molecule has 6 heteroatoms. The topological polar surface area (TPSA) is 65.5 Å². The Labute approximate surface area is 117 Å². The molecule has 0 unspecified atom stereocenters. The van der Waals surface area contributed by atoms with E-state index in [0.717, 1.165) is 11.4 Å². The van der Waals surface area contributed by atoms with Crippen molar-refractivity contribution in [3.05, 3.63) is 42.0 Å². The largest absolute Gasteiger partial charge is 0.461 e. The maximum absolute atomic E-state index is 11.9. The van der Waals surface area contributed by atoms with E-state index in [4.69, 9.17) is 14.5 Å². The molecule has 2 rings (SSSR count). The van der Waals surface area contributed by atoms with E-state index in [1.54, 1.807) is 36.0 Å². The highest BCUT2D eigenvalue weighted by molar-refractivity contribution is 5.88. The molecule has 0 bridgehead atoms. The lowest BCUT2D eigenvalue weighted by atomic mass is 10.3. The number of esters is 1. The molecule has 0 saturated heterocycles. The Hall–Kier alpha value is -2.05. The van der Waals surface area contributed by atoms with Gasteiger partial charge >= 0.3 is 5.97 Å². The molecule has 20 heavy (non-hydrogen) atoms. The standard InChI is InChI=1S/C14H18N2O4/c1-3-18-14(17)13-6-5-9-16(13)12-7-8-15-11(12)10-20-19-4-2/h5-9,15H,3-4,10H2,1-2H3. The fourth-order valence-corrected chi connectivity index (χ4v) is 1.88. The molecule has 6 nitrogen and oxygen atoms in total. The van der Waals surface area contributed by atoms with Gasteiger partial charge in [-0.05, 0) is 32.0 Å². The molecule has 0 aliphatic rings. The summed E-state index contributed by atoms with van der Waals surface area (Å²) in [6.07, 6.45) is 3.59. The molecule has 0 aliphatic carbocycles. The van der Waals surface area contributed by atoms with Crippen LogP contribution in [0.5, 0.6) is 0 Å². The van der Waals surface area contributed by atoms with Crippen molar-refractivity contribution in [2.45, 2.75) is 20.5 Å². The van der Waals surface area contributed by atoms with Gasteiger partial charge in [0.25, 0.3) is 0 Å². The van der Waals surface area contributed by atoms with Crippen LogP contribution in [0.15, 0.2) is 30.6 Å². The van der Waals surface area contributed by atoms with Gasteiger partial charge in [0.05, 0.1) is 24.6 Å². The van der Waals surface area contributed by atoms with Crippen LogP contribution < -0.4 is 0 Å². The number of H-pyrrole nitrogens is 1. The summed E-state index contributed by atoms with van der Waals surface area (Å²) >= 11 is 0. The van der Waals surface area contributed by atoms with Gasteiger partial charge in [0.2, 0.25) is 0 Å². The van der Waals surface area contributed by atoms with Crippen LogP contribution in [0, 0.1) is 0 Å². The molecule has 0 saturated carbocycles. The van der Waals surface area contributed by atoms with E-state index in [0.29, 0.717) is 18.9 Å². The van der Waals surface area contributed by atoms with Gasteiger partial charge in [0.1, 0.15) is 12.3 Å². The van der Waals surface area contributed by atoms with Crippen molar-refractivity contribution in [3.8, 4) is 5.69 Å². The third-order valence-electron chi connectivity index (χ3n) is 2.71. The van der Waals surface area contributed by atoms with Gasteiger partial charge in [-0.25, -0.2) is 14.6 Å². The average Bonchev–Trinajstić information content (AvgIpc) is 3.07. The monoisotopic (exact) mass is 278 g/mol. The van der Waals surface area contributed by atoms with Crippen LogP contribution in [-0.2, 0) is 21.1 Å². The van der Waals surface area contributed by atoms with Crippen LogP contribution >= 0.6 is 0 Å². The number of ether oxygens (including phenoxy) is 1. The molecule has 0 atom stereocenters. The predicted molar refractivity (Wildman–Crippen MR) is 72.5 cm³/mol. The Morgan fingerprint density at radius 3 is 2.85 bits per heavy atom. The van der Waals surface area contributed by atoms with Crippen molar-refractivity contribution in [2.24, 2.45) is 0 Å². The van der Waals surface area contributed by atoms with Crippen LogP contribution in [0.3, 0.4) is 0 Å². The van der Waals surface area contributed by atoms with E-state index in [1.807, 2.05) is 13.0 Å². The number of carbonyl (C=O) groups excluding carboxylic acids is 1. The molecule has 2 aromatic rings. The number of hydrogen-bond acceptors (Lipinski definition) is 4. The first-order valence-electron chi connectivity index (χ1n) is 6.53. The smallest absolute Gasteiger partial charge is 0.355 e. The fraction of sp³-hybridized carbons (Fsp3) is 0.357. The van der Waals surface area contributed by atoms with Crippen LogP contribution in [0.4, 0.5) is 0 Å². The lowest BCUT2D eigenvalue weighted by Crippen LogP contribution is -2.11. The van der Waals surface area contributed by atoms with Crippen molar-refractivity contribution in [2.75, 3.05) is 13.2 Å².